The number of nitrogens with one attached hydrogen (secondary N) is 1. The molecule has 2 fully saturated rings. The van der Waals surface area contributed by atoms with Crippen molar-refractivity contribution >= 4 is 10.9 Å². The Hall–Kier alpha value is -2.51. The summed E-state index contributed by atoms with van der Waals surface area (Å²) in [5.41, 5.74) is 2.49. The van der Waals surface area contributed by atoms with Gasteiger partial charge in [-0.05, 0) is 50.8 Å². The smallest absolute Gasteiger partial charge is 0.223 e. The van der Waals surface area contributed by atoms with Gasteiger partial charge in [0.15, 0.2) is 0 Å². The molecule has 1 saturated carbocycles. The van der Waals surface area contributed by atoms with Crippen molar-refractivity contribution in [2.45, 2.75) is 44.9 Å². The molecule has 0 spiro atoms. The second-order valence-corrected chi connectivity index (χ2v) is 8.72. The summed E-state index contributed by atoms with van der Waals surface area (Å²) in [5, 5.41) is 8.82. The van der Waals surface area contributed by atoms with Crippen molar-refractivity contribution < 1.29 is 9.47 Å². The van der Waals surface area contributed by atoms with Gasteiger partial charge in [-0.3, -0.25) is 9.67 Å². The fourth-order valence-electron chi connectivity index (χ4n) is 3.80. The zero-order valence-corrected chi connectivity index (χ0v) is 17.0. The molecule has 4 heterocycles. The monoisotopic (exact) mass is 393 g/mol. The topological polar surface area (TPSA) is 74.1 Å². The molecule has 29 heavy (non-hydrogen) atoms. The maximum absolute atomic E-state index is 6.15. The van der Waals surface area contributed by atoms with E-state index in [1.807, 2.05) is 29.1 Å². The molecule has 7 nitrogen and oxygen atoms in total. The van der Waals surface area contributed by atoms with E-state index in [0.29, 0.717) is 12.5 Å². The first-order valence-electron chi connectivity index (χ1n) is 10.4. The molecule has 7 heteroatoms. The Balaban J connectivity index is 1.40. The highest BCUT2D eigenvalue weighted by Gasteiger charge is 2.29. The number of pyridine rings is 2. The molecule has 0 amide bonds. The van der Waals surface area contributed by atoms with Crippen molar-refractivity contribution in [1.82, 2.24) is 25.1 Å². The van der Waals surface area contributed by atoms with E-state index in [1.165, 1.54) is 12.8 Å². The van der Waals surface area contributed by atoms with Gasteiger partial charge in [-0.1, -0.05) is 0 Å². The lowest BCUT2D eigenvalue weighted by atomic mass is 10.1. The predicted molar refractivity (Wildman–Crippen MR) is 111 cm³/mol. The van der Waals surface area contributed by atoms with Crippen LogP contribution < -0.4 is 10.1 Å². The molecule has 1 saturated heterocycles. The second kappa shape index (κ2) is 7.39. The molecule has 3 aromatic heterocycles. The van der Waals surface area contributed by atoms with E-state index in [4.69, 9.17) is 14.5 Å². The SMILES string of the molecule is CC1(C)CNC[C@@H](COc2nc(-c3cnn(CC4CC4)c3)cc3ncccc23)O1. The van der Waals surface area contributed by atoms with Gasteiger partial charge in [0.2, 0.25) is 5.88 Å². The number of morpholine rings is 1. The summed E-state index contributed by atoms with van der Waals surface area (Å²) in [5.74, 6) is 1.37. The van der Waals surface area contributed by atoms with Crippen LogP contribution in [0.25, 0.3) is 22.2 Å². The standard InChI is InChI=1S/C22H27N5O2/c1-22(2)14-23-10-17(29-22)13-28-21-18-4-3-7-24-20(18)8-19(26-21)16-9-25-27(12-16)11-15-5-6-15/h3-4,7-9,12,15,17,23H,5-6,10-11,13-14H2,1-2H3/t17-/m0/s1. The Bertz CT molecular complexity index is 1010. The molecule has 152 valence electrons. The zero-order chi connectivity index (χ0) is 19.8. The summed E-state index contributed by atoms with van der Waals surface area (Å²) in [6.45, 7) is 7.21. The van der Waals surface area contributed by atoms with Crippen LogP contribution in [-0.2, 0) is 11.3 Å². The van der Waals surface area contributed by atoms with Crippen LogP contribution in [-0.4, -0.2) is 51.1 Å². The third-order valence-electron chi connectivity index (χ3n) is 5.45. The third-order valence-corrected chi connectivity index (χ3v) is 5.45. The van der Waals surface area contributed by atoms with Crippen molar-refractivity contribution in [3.63, 3.8) is 0 Å². The summed E-state index contributed by atoms with van der Waals surface area (Å²) < 4.78 is 14.3. The van der Waals surface area contributed by atoms with Gasteiger partial charge in [0.05, 0.1) is 28.4 Å². The number of hydrogen-bond donors (Lipinski definition) is 1. The first-order valence-corrected chi connectivity index (χ1v) is 10.4. The molecule has 1 aliphatic carbocycles. The predicted octanol–water partition coefficient (Wildman–Crippen LogP) is 3.05. The van der Waals surface area contributed by atoms with Crippen LogP contribution in [0.15, 0.2) is 36.8 Å². The molecule has 1 N–H and O–H groups in total. The van der Waals surface area contributed by atoms with E-state index in [2.05, 4.69) is 35.4 Å². The highest BCUT2D eigenvalue weighted by atomic mass is 16.6. The summed E-state index contributed by atoms with van der Waals surface area (Å²) in [6, 6.07) is 5.91. The first-order chi connectivity index (χ1) is 14.1. The minimum absolute atomic E-state index is 0.0165. The Kier molecular flexibility index (Phi) is 4.72. The van der Waals surface area contributed by atoms with Gasteiger partial charge in [-0.15, -0.1) is 0 Å². The lowest BCUT2D eigenvalue weighted by molar-refractivity contribution is -0.107. The summed E-state index contributed by atoms with van der Waals surface area (Å²) in [6.07, 6.45) is 8.33. The van der Waals surface area contributed by atoms with E-state index in [1.54, 1.807) is 6.20 Å². The summed E-state index contributed by atoms with van der Waals surface area (Å²) in [4.78, 5) is 9.33. The molecule has 2 aliphatic rings. The average Bonchev–Trinajstić information content (AvgIpc) is 3.39. The third kappa shape index (κ3) is 4.26. The Morgan fingerprint density at radius 1 is 1.34 bits per heavy atom. The molecule has 0 unspecified atom stereocenters. The maximum atomic E-state index is 6.15. The first kappa shape index (κ1) is 18.5. The molecule has 1 aliphatic heterocycles. The van der Waals surface area contributed by atoms with Crippen molar-refractivity contribution in [3.05, 3.63) is 36.8 Å². The van der Waals surface area contributed by atoms with Crippen molar-refractivity contribution in [1.29, 1.82) is 0 Å². The average molecular weight is 393 g/mol. The fraction of sp³-hybridized carbons (Fsp3) is 0.500. The van der Waals surface area contributed by atoms with Gasteiger partial charge < -0.3 is 14.8 Å². The van der Waals surface area contributed by atoms with E-state index in [9.17, 15) is 0 Å². The van der Waals surface area contributed by atoms with Gasteiger partial charge in [-0.2, -0.15) is 5.10 Å². The largest absolute Gasteiger partial charge is 0.474 e. The summed E-state index contributed by atoms with van der Waals surface area (Å²) >= 11 is 0. The molecule has 1 atom stereocenters. The number of hydrogen-bond acceptors (Lipinski definition) is 6. The van der Waals surface area contributed by atoms with E-state index >= 15 is 0 Å². The Morgan fingerprint density at radius 3 is 3.07 bits per heavy atom. The highest BCUT2D eigenvalue weighted by molar-refractivity contribution is 5.86. The van der Waals surface area contributed by atoms with Gasteiger partial charge >= 0.3 is 0 Å². The molecule has 3 aromatic rings. The van der Waals surface area contributed by atoms with Crippen LogP contribution in [0.2, 0.25) is 0 Å². The Morgan fingerprint density at radius 2 is 2.24 bits per heavy atom. The lowest BCUT2D eigenvalue weighted by Crippen LogP contribution is -2.52. The quantitative estimate of drug-likeness (QED) is 0.694. The number of fused-ring (bicyclic) bond motifs is 1. The highest BCUT2D eigenvalue weighted by Crippen LogP contribution is 2.32. The summed E-state index contributed by atoms with van der Waals surface area (Å²) in [7, 11) is 0. The van der Waals surface area contributed by atoms with Crippen LogP contribution in [0.4, 0.5) is 0 Å². The van der Waals surface area contributed by atoms with Gasteiger partial charge in [0, 0.05) is 37.6 Å². The van der Waals surface area contributed by atoms with Crippen LogP contribution in [0, 0.1) is 5.92 Å². The normalized spacial score (nSPS) is 21.4. The Labute approximate surface area is 170 Å². The van der Waals surface area contributed by atoms with E-state index in [-0.39, 0.29) is 11.7 Å². The van der Waals surface area contributed by atoms with Crippen LogP contribution in [0.5, 0.6) is 5.88 Å². The maximum Gasteiger partial charge on any atom is 0.223 e. The zero-order valence-electron chi connectivity index (χ0n) is 17.0. The fourth-order valence-corrected chi connectivity index (χ4v) is 3.80. The van der Waals surface area contributed by atoms with E-state index < -0.39 is 0 Å². The van der Waals surface area contributed by atoms with Gasteiger partial charge in [0.25, 0.3) is 0 Å². The minimum atomic E-state index is -0.193. The van der Waals surface area contributed by atoms with Crippen molar-refractivity contribution in [2.75, 3.05) is 19.7 Å². The van der Waals surface area contributed by atoms with Gasteiger partial charge in [0.1, 0.15) is 12.7 Å². The molecule has 0 aromatic carbocycles. The number of rotatable bonds is 6. The molecular formula is C22H27N5O2. The van der Waals surface area contributed by atoms with E-state index in [0.717, 1.165) is 47.7 Å². The second-order valence-electron chi connectivity index (χ2n) is 8.72. The molecule has 0 radical (unpaired) electrons. The van der Waals surface area contributed by atoms with Crippen molar-refractivity contribution in [3.8, 4) is 17.1 Å². The molecule has 0 bridgehead atoms. The molecule has 5 rings (SSSR count). The van der Waals surface area contributed by atoms with Crippen LogP contribution >= 0.6 is 0 Å². The minimum Gasteiger partial charge on any atom is -0.474 e. The number of ether oxygens (including phenoxy) is 2. The van der Waals surface area contributed by atoms with Gasteiger partial charge in [-0.25, -0.2) is 4.98 Å². The van der Waals surface area contributed by atoms with Crippen LogP contribution in [0.3, 0.4) is 0 Å². The lowest BCUT2D eigenvalue weighted by Gasteiger charge is -2.36. The molecular weight excluding hydrogens is 366 g/mol. The number of nitrogens with zero attached hydrogens (tertiary/aromatic N) is 4. The number of aromatic nitrogens is 4. The van der Waals surface area contributed by atoms with Crippen molar-refractivity contribution in [2.24, 2.45) is 5.92 Å². The van der Waals surface area contributed by atoms with Crippen LogP contribution in [0.1, 0.15) is 26.7 Å².